The Morgan fingerprint density at radius 3 is 2.80 bits per heavy atom. The number of rotatable bonds is 3. The lowest BCUT2D eigenvalue weighted by atomic mass is 9.79. The van der Waals surface area contributed by atoms with Gasteiger partial charge in [0.15, 0.2) is 11.5 Å². The predicted octanol–water partition coefficient (Wildman–Crippen LogP) is 3.08. The number of carbonyl (C=O) groups is 1. The van der Waals surface area contributed by atoms with Gasteiger partial charge in [0.1, 0.15) is 13.2 Å². The number of benzene rings is 1. The van der Waals surface area contributed by atoms with E-state index in [2.05, 4.69) is 10.6 Å². The highest BCUT2D eigenvalue weighted by Crippen LogP contribution is 2.58. The molecular formula is C20H26N2O3. The summed E-state index contributed by atoms with van der Waals surface area (Å²) >= 11 is 0. The summed E-state index contributed by atoms with van der Waals surface area (Å²) in [6, 6.07) is 6.19. The van der Waals surface area contributed by atoms with E-state index in [0.717, 1.165) is 40.7 Å². The molecule has 2 amide bonds. The molecule has 1 aliphatic heterocycles. The first kappa shape index (κ1) is 15.4. The van der Waals surface area contributed by atoms with Crippen molar-refractivity contribution in [2.45, 2.75) is 44.7 Å². The molecule has 5 nitrogen and oxygen atoms in total. The first-order valence-electron chi connectivity index (χ1n) is 9.71. The van der Waals surface area contributed by atoms with Crippen molar-refractivity contribution in [2.75, 3.05) is 13.2 Å². The van der Waals surface area contributed by atoms with Crippen LogP contribution >= 0.6 is 0 Å². The van der Waals surface area contributed by atoms with Crippen LogP contribution in [0.2, 0.25) is 0 Å². The molecule has 25 heavy (non-hydrogen) atoms. The average Bonchev–Trinajstić information content (AvgIpc) is 3.33. The highest BCUT2D eigenvalue weighted by Gasteiger charge is 2.54. The molecule has 1 aromatic rings. The van der Waals surface area contributed by atoms with E-state index >= 15 is 0 Å². The van der Waals surface area contributed by atoms with E-state index in [-0.39, 0.29) is 6.03 Å². The van der Waals surface area contributed by atoms with Gasteiger partial charge in [0.25, 0.3) is 0 Å². The first-order chi connectivity index (χ1) is 12.3. The van der Waals surface area contributed by atoms with Gasteiger partial charge >= 0.3 is 6.03 Å². The van der Waals surface area contributed by atoms with Gasteiger partial charge in [-0.1, -0.05) is 12.5 Å². The Kier molecular flexibility index (Phi) is 3.75. The Labute approximate surface area is 148 Å². The quantitative estimate of drug-likeness (QED) is 0.887. The Balaban J connectivity index is 1.15. The van der Waals surface area contributed by atoms with Gasteiger partial charge in [0, 0.05) is 12.6 Å². The van der Waals surface area contributed by atoms with Crippen molar-refractivity contribution < 1.29 is 14.3 Å². The third-order valence-electron chi connectivity index (χ3n) is 6.80. The lowest BCUT2D eigenvalue weighted by Gasteiger charge is -2.32. The Morgan fingerprint density at radius 1 is 1.04 bits per heavy atom. The van der Waals surface area contributed by atoms with E-state index < -0.39 is 0 Å². The molecule has 1 aromatic carbocycles. The van der Waals surface area contributed by atoms with Crippen LogP contribution < -0.4 is 20.1 Å². The highest BCUT2D eigenvalue weighted by molar-refractivity contribution is 5.74. The van der Waals surface area contributed by atoms with Gasteiger partial charge in [-0.05, 0) is 67.1 Å². The molecule has 5 atom stereocenters. The maximum absolute atomic E-state index is 12.4. The van der Waals surface area contributed by atoms with Crippen molar-refractivity contribution in [1.29, 1.82) is 0 Å². The number of urea groups is 1. The predicted molar refractivity (Wildman–Crippen MR) is 93.6 cm³/mol. The lowest BCUT2D eigenvalue weighted by Crippen LogP contribution is -2.46. The van der Waals surface area contributed by atoms with E-state index in [0.29, 0.717) is 25.8 Å². The maximum Gasteiger partial charge on any atom is 0.315 e. The topological polar surface area (TPSA) is 59.6 Å². The molecule has 0 saturated heterocycles. The molecule has 5 rings (SSSR count). The summed E-state index contributed by atoms with van der Waals surface area (Å²) in [5, 5.41) is 6.25. The molecule has 0 aromatic heterocycles. The molecule has 1 heterocycles. The van der Waals surface area contributed by atoms with Crippen LogP contribution in [0.3, 0.4) is 0 Å². The van der Waals surface area contributed by atoms with Crippen LogP contribution in [0.15, 0.2) is 18.2 Å². The number of hydrogen-bond donors (Lipinski definition) is 2. The molecule has 3 aliphatic carbocycles. The van der Waals surface area contributed by atoms with Crippen molar-refractivity contribution in [1.82, 2.24) is 10.6 Å². The SMILES string of the molecule is O=C(NCc1ccc2c(c1)OCCO2)NC1CC2CC1C1CCCC21. The van der Waals surface area contributed by atoms with Crippen molar-refractivity contribution in [2.24, 2.45) is 23.7 Å². The zero-order valence-corrected chi connectivity index (χ0v) is 14.5. The first-order valence-corrected chi connectivity index (χ1v) is 9.71. The molecule has 3 saturated carbocycles. The minimum Gasteiger partial charge on any atom is -0.486 e. The molecule has 0 radical (unpaired) electrons. The van der Waals surface area contributed by atoms with Crippen LogP contribution in [-0.4, -0.2) is 25.3 Å². The fourth-order valence-electron chi connectivity index (χ4n) is 5.83. The van der Waals surface area contributed by atoms with E-state index in [9.17, 15) is 4.79 Å². The fourth-order valence-corrected chi connectivity index (χ4v) is 5.83. The van der Waals surface area contributed by atoms with Gasteiger partial charge in [-0.3, -0.25) is 0 Å². The van der Waals surface area contributed by atoms with Gasteiger partial charge in [0.2, 0.25) is 0 Å². The monoisotopic (exact) mass is 342 g/mol. The Morgan fingerprint density at radius 2 is 1.88 bits per heavy atom. The van der Waals surface area contributed by atoms with Crippen molar-refractivity contribution in [3.63, 3.8) is 0 Å². The smallest absolute Gasteiger partial charge is 0.315 e. The van der Waals surface area contributed by atoms with E-state index in [1.54, 1.807) is 0 Å². The largest absolute Gasteiger partial charge is 0.486 e. The number of ether oxygens (including phenoxy) is 2. The molecular weight excluding hydrogens is 316 g/mol. The van der Waals surface area contributed by atoms with E-state index in [1.165, 1.54) is 32.1 Å². The summed E-state index contributed by atoms with van der Waals surface area (Å²) in [6.45, 7) is 1.69. The second kappa shape index (κ2) is 6.11. The molecule has 4 aliphatic rings. The minimum atomic E-state index is -0.0398. The summed E-state index contributed by atoms with van der Waals surface area (Å²) in [6.07, 6.45) is 6.72. The van der Waals surface area contributed by atoms with Gasteiger partial charge in [0.05, 0.1) is 0 Å². The van der Waals surface area contributed by atoms with Crippen LogP contribution in [0.4, 0.5) is 4.79 Å². The van der Waals surface area contributed by atoms with Crippen molar-refractivity contribution >= 4 is 6.03 Å². The van der Waals surface area contributed by atoms with Crippen LogP contribution in [0, 0.1) is 23.7 Å². The zero-order valence-electron chi connectivity index (χ0n) is 14.5. The third-order valence-corrected chi connectivity index (χ3v) is 6.80. The fraction of sp³-hybridized carbons (Fsp3) is 0.650. The standard InChI is InChI=1S/C20H26N2O3/c23-20(21-11-12-4-5-18-19(8-12)25-7-6-24-18)22-17-10-13-9-16(17)15-3-1-2-14(13)15/h4-5,8,13-17H,1-3,6-7,9-11H2,(H2,21,22,23). The molecule has 2 bridgehead atoms. The number of carbonyl (C=O) groups excluding carboxylic acids is 1. The lowest BCUT2D eigenvalue weighted by molar-refractivity contribution is 0.171. The van der Waals surface area contributed by atoms with Gasteiger partial charge in [-0.15, -0.1) is 0 Å². The molecule has 3 fully saturated rings. The number of amides is 2. The van der Waals surface area contributed by atoms with E-state index in [4.69, 9.17) is 9.47 Å². The van der Waals surface area contributed by atoms with E-state index in [1.807, 2.05) is 18.2 Å². The summed E-state index contributed by atoms with van der Waals surface area (Å²) in [5.41, 5.74) is 1.03. The number of hydrogen-bond acceptors (Lipinski definition) is 3. The number of nitrogens with one attached hydrogen (secondary N) is 2. The van der Waals surface area contributed by atoms with Gasteiger partial charge < -0.3 is 20.1 Å². The molecule has 5 heteroatoms. The summed E-state index contributed by atoms with van der Waals surface area (Å²) in [4.78, 5) is 12.4. The average molecular weight is 342 g/mol. The van der Waals surface area contributed by atoms with Gasteiger partial charge in [-0.25, -0.2) is 4.79 Å². The maximum atomic E-state index is 12.4. The second-order valence-corrected chi connectivity index (χ2v) is 8.07. The normalized spacial score (nSPS) is 34.6. The summed E-state index contributed by atoms with van der Waals surface area (Å²) in [7, 11) is 0. The molecule has 5 unspecified atom stereocenters. The van der Waals surface area contributed by atoms with Crippen molar-refractivity contribution in [3.8, 4) is 11.5 Å². The molecule has 134 valence electrons. The van der Waals surface area contributed by atoms with Crippen molar-refractivity contribution in [3.05, 3.63) is 23.8 Å². The van der Waals surface area contributed by atoms with Crippen LogP contribution in [-0.2, 0) is 6.54 Å². The minimum absolute atomic E-state index is 0.0398. The zero-order chi connectivity index (χ0) is 16.8. The van der Waals surface area contributed by atoms with Gasteiger partial charge in [-0.2, -0.15) is 0 Å². The number of fused-ring (bicyclic) bond motifs is 6. The Bertz CT molecular complexity index is 677. The highest BCUT2D eigenvalue weighted by atomic mass is 16.6. The summed E-state index contributed by atoms with van der Waals surface area (Å²) in [5.74, 6) is 4.97. The molecule has 0 spiro atoms. The van der Waals surface area contributed by atoms with Crippen LogP contribution in [0.25, 0.3) is 0 Å². The summed E-state index contributed by atoms with van der Waals surface area (Å²) < 4.78 is 11.1. The molecule has 2 N–H and O–H groups in total. The second-order valence-electron chi connectivity index (χ2n) is 8.07. The Hall–Kier alpha value is -1.91. The van der Waals surface area contributed by atoms with Crippen LogP contribution in [0.1, 0.15) is 37.7 Å². The van der Waals surface area contributed by atoms with Crippen LogP contribution in [0.5, 0.6) is 11.5 Å². The third kappa shape index (κ3) is 2.74.